The van der Waals surface area contributed by atoms with E-state index in [9.17, 15) is 4.57 Å². The van der Waals surface area contributed by atoms with Gasteiger partial charge in [0, 0.05) is 0 Å². The van der Waals surface area contributed by atoms with E-state index in [0.29, 0.717) is 6.42 Å². The summed E-state index contributed by atoms with van der Waals surface area (Å²) in [4.78, 5) is 17.1. The predicted octanol–water partition coefficient (Wildman–Crippen LogP) is 1.81. The van der Waals surface area contributed by atoms with Crippen molar-refractivity contribution in [2.45, 2.75) is 6.42 Å². The molecule has 1 aromatic carbocycles. The second-order valence-electron chi connectivity index (χ2n) is 2.80. The number of benzene rings is 1. The van der Waals surface area contributed by atoms with Gasteiger partial charge in [0.1, 0.15) is 0 Å². The molecule has 0 spiro atoms. The highest BCUT2D eigenvalue weighted by atomic mass is 31.2. The highest BCUT2D eigenvalue weighted by Gasteiger charge is 2.18. The normalized spacial score (nSPS) is 12.9. The van der Waals surface area contributed by atoms with E-state index in [1.54, 1.807) is 0 Å². The molecule has 0 saturated heterocycles. The SMILES string of the molecule is O=P(O)(O)/C(O)=C/Cc1ccccc1. The van der Waals surface area contributed by atoms with Crippen molar-refractivity contribution >= 4 is 7.60 Å². The molecular formula is C9H11O4P. The Balaban J connectivity index is 2.69. The zero-order valence-corrected chi connectivity index (χ0v) is 8.26. The van der Waals surface area contributed by atoms with Gasteiger partial charge in [-0.25, -0.2) is 0 Å². The summed E-state index contributed by atoms with van der Waals surface area (Å²) in [7, 11) is -4.48. The maximum Gasteiger partial charge on any atom is 0.389 e. The van der Waals surface area contributed by atoms with E-state index < -0.39 is 13.1 Å². The van der Waals surface area contributed by atoms with Gasteiger partial charge in [0.25, 0.3) is 0 Å². The summed E-state index contributed by atoms with van der Waals surface area (Å²) in [5, 5.41) is 8.95. The van der Waals surface area contributed by atoms with Gasteiger partial charge in [-0.3, -0.25) is 4.57 Å². The lowest BCUT2D eigenvalue weighted by atomic mass is 10.2. The molecule has 4 nitrogen and oxygen atoms in total. The van der Waals surface area contributed by atoms with Crippen LogP contribution in [0.25, 0.3) is 0 Å². The third-order valence-electron chi connectivity index (χ3n) is 1.66. The Morgan fingerprint density at radius 2 is 1.86 bits per heavy atom. The van der Waals surface area contributed by atoms with Gasteiger partial charge in [-0.1, -0.05) is 30.3 Å². The maximum absolute atomic E-state index is 10.5. The van der Waals surface area contributed by atoms with E-state index in [2.05, 4.69) is 0 Å². The second-order valence-corrected chi connectivity index (χ2v) is 4.34. The third kappa shape index (κ3) is 3.34. The molecule has 3 N–H and O–H groups in total. The molecule has 1 rings (SSSR count). The Bertz CT molecular complexity index is 366. The van der Waals surface area contributed by atoms with Crippen LogP contribution in [-0.2, 0) is 11.0 Å². The molecule has 0 fully saturated rings. The summed E-state index contributed by atoms with van der Waals surface area (Å²) in [5.41, 5.74) is 0.00820. The van der Waals surface area contributed by atoms with E-state index in [1.165, 1.54) is 0 Å². The lowest BCUT2D eigenvalue weighted by Gasteiger charge is -2.01. The summed E-state index contributed by atoms with van der Waals surface area (Å²) in [6.07, 6.45) is 1.42. The van der Waals surface area contributed by atoms with E-state index in [0.717, 1.165) is 11.6 Å². The van der Waals surface area contributed by atoms with Crippen LogP contribution in [0.3, 0.4) is 0 Å². The molecule has 0 amide bonds. The van der Waals surface area contributed by atoms with Gasteiger partial charge in [-0.15, -0.1) is 0 Å². The molecule has 5 heteroatoms. The summed E-state index contributed by atoms with van der Waals surface area (Å²) < 4.78 is 10.5. The highest BCUT2D eigenvalue weighted by Crippen LogP contribution is 2.42. The number of aliphatic hydroxyl groups excluding tert-OH is 1. The maximum atomic E-state index is 10.5. The number of rotatable bonds is 3. The van der Waals surface area contributed by atoms with Crippen LogP contribution in [0.2, 0.25) is 0 Å². The number of aliphatic hydroxyl groups is 1. The minimum absolute atomic E-state index is 0.303. The fraction of sp³-hybridized carbons (Fsp3) is 0.111. The minimum atomic E-state index is -4.48. The summed E-state index contributed by atoms with van der Waals surface area (Å²) >= 11 is 0. The Morgan fingerprint density at radius 3 is 2.36 bits per heavy atom. The molecule has 0 aliphatic rings. The number of hydrogen-bond donors (Lipinski definition) is 3. The Hall–Kier alpha value is -1.09. The molecule has 0 saturated carbocycles. The zero-order valence-electron chi connectivity index (χ0n) is 7.37. The monoisotopic (exact) mass is 214 g/mol. The van der Waals surface area contributed by atoms with Crippen molar-refractivity contribution in [3.05, 3.63) is 47.5 Å². The van der Waals surface area contributed by atoms with Gasteiger partial charge in [-0.05, 0) is 18.1 Å². The Labute approximate surface area is 81.7 Å². The Morgan fingerprint density at radius 1 is 1.29 bits per heavy atom. The lowest BCUT2D eigenvalue weighted by molar-refractivity contribution is 0.336. The lowest BCUT2D eigenvalue weighted by Crippen LogP contribution is -1.86. The number of hydrogen-bond acceptors (Lipinski definition) is 2. The fourth-order valence-electron chi connectivity index (χ4n) is 0.942. The van der Waals surface area contributed by atoms with Crippen molar-refractivity contribution in [3.8, 4) is 0 Å². The summed E-state index contributed by atoms with van der Waals surface area (Å²) in [6.45, 7) is 0. The molecule has 0 unspecified atom stereocenters. The van der Waals surface area contributed by atoms with E-state index >= 15 is 0 Å². The molecule has 0 heterocycles. The van der Waals surface area contributed by atoms with Crippen LogP contribution in [0.4, 0.5) is 0 Å². The van der Waals surface area contributed by atoms with E-state index in [4.69, 9.17) is 14.9 Å². The average molecular weight is 214 g/mol. The van der Waals surface area contributed by atoms with Gasteiger partial charge in [0.2, 0.25) is 5.50 Å². The van der Waals surface area contributed by atoms with E-state index in [-0.39, 0.29) is 0 Å². The molecular weight excluding hydrogens is 203 g/mol. The average Bonchev–Trinajstić information content (AvgIpc) is 2.14. The van der Waals surface area contributed by atoms with Crippen LogP contribution in [0.5, 0.6) is 0 Å². The van der Waals surface area contributed by atoms with Crippen molar-refractivity contribution in [1.82, 2.24) is 0 Å². The number of allylic oxidation sites excluding steroid dienone is 1. The Kier molecular flexibility index (Phi) is 3.47. The second kappa shape index (κ2) is 4.42. The van der Waals surface area contributed by atoms with Crippen LogP contribution in [0, 0.1) is 0 Å². The molecule has 0 bridgehead atoms. The van der Waals surface area contributed by atoms with Crippen LogP contribution in [0.15, 0.2) is 41.9 Å². The first-order valence-corrected chi connectivity index (χ1v) is 5.60. The van der Waals surface area contributed by atoms with Crippen molar-refractivity contribution in [2.75, 3.05) is 0 Å². The quantitative estimate of drug-likeness (QED) is 0.529. The molecule has 0 atom stereocenters. The topological polar surface area (TPSA) is 77.8 Å². The van der Waals surface area contributed by atoms with Crippen molar-refractivity contribution in [3.63, 3.8) is 0 Å². The van der Waals surface area contributed by atoms with Crippen molar-refractivity contribution in [1.29, 1.82) is 0 Å². The predicted molar refractivity (Wildman–Crippen MR) is 52.9 cm³/mol. The molecule has 76 valence electrons. The smallest absolute Gasteiger partial charge is 0.389 e. The first-order chi connectivity index (χ1) is 6.50. The van der Waals surface area contributed by atoms with Crippen LogP contribution in [0.1, 0.15) is 5.56 Å². The standard InChI is InChI=1S/C9H11O4P/c10-9(14(11,12)13)7-6-8-4-2-1-3-5-8/h1-5,7,10H,6H2,(H2,11,12,13)/b9-7+. The zero-order chi connectivity index (χ0) is 10.6. The van der Waals surface area contributed by atoms with Gasteiger partial charge in [-0.2, -0.15) is 0 Å². The molecule has 14 heavy (non-hydrogen) atoms. The largest absolute Gasteiger partial charge is 0.501 e. The van der Waals surface area contributed by atoms with Gasteiger partial charge < -0.3 is 14.9 Å². The summed E-state index contributed by atoms with van der Waals surface area (Å²) in [5.74, 6) is 0. The van der Waals surface area contributed by atoms with Crippen molar-refractivity contribution < 1.29 is 19.5 Å². The van der Waals surface area contributed by atoms with Crippen LogP contribution >= 0.6 is 7.60 Å². The molecule has 0 aliphatic carbocycles. The molecule has 0 aliphatic heterocycles. The van der Waals surface area contributed by atoms with Crippen LogP contribution < -0.4 is 0 Å². The molecule has 0 aromatic heterocycles. The first kappa shape index (κ1) is 11.0. The van der Waals surface area contributed by atoms with Gasteiger partial charge >= 0.3 is 7.60 Å². The third-order valence-corrected chi connectivity index (χ3v) is 2.44. The highest BCUT2D eigenvalue weighted by molar-refractivity contribution is 7.56. The van der Waals surface area contributed by atoms with Crippen molar-refractivity contribution in [2.24, 2.45) is 0 Å². The summed E-state index contributed by atoms with van der Waals surface area (Å²) in [6, 6.07) is 9.10. The van der Waals surface area contributed by atoms with E-state index in [1.807, 2.05) is 30.3 Å². The fourth-order valence-corrected chi connectivity index (χ4v) is 1.27. The van der Waals surface area contributed by atoms with Gasteiger partial charge in [0.05, 0.1) is 0 Å². The molecule has 1 aromatic rings. The van der Waals surface area contributed by atoms with Crippen LogP contribution in [-0.4, -0.2) is 14.9 Å². The minimum Gasteiger partial charge on any atom is -0.501 e. The first-order valence-electron chi connectivity index (χ1n) is 3.99. The molecule has 0 radical (unpaired) electrons. The van der Waals surface area contributed by atoms with Gasteiger partial charge in [0.15, 0.2) is 0 Å².